The van der Waals surface area contributed by atoms with Crippen LogP contribution >= 0.6 is 23.2 Å². The zero-order valence-corrected chi connectivity index (χ0v) is 20.3. The molecule has 1 heterocycles. The Morgan fingerprint density at radius 2 is 1.51 bits per heavy atom. The van der Waals surface area contributed by atoms with Gasteiger partial charge in [0.2, 0.25) is 0 Å². The van der Waals surface area contributed by atoms with Crippen LogP contribution in [0.2, 0.25) is 10.0 Å². The number of likely N-dealkylation sites (tertiary alicyclic amines) is 1. The molecule has 2 aromatic rings. The van der Waals surface area contributed by atoms with Crippen molar-refractivity contribution in [2.75, 3.05) is 13.1 Å². The lowest BCUT2D eigenvalue weighted by atomic mass is 9.87. The number of hydrogen-bond donors (Lipinski definition) is 0. The summed E-state index contributed by atoms with van der Waals surface area (Å²) in [6, 6.07) is 6.35. The quantitative estimate of drug-likeness (QED) is 0.177. The van der Waals surface area contributed by atoms with E-state index in [1.165, 1.54) is 29.2 Å². The third-order valence-electron chi connectivity index (χ3n) is 5.10. The summed E-state index contributed by atoms with van der Waals surface area (Å²) >= 11 is 11.2. The summed E-state index contributed by atoms with van der Waals surface area (Å²) in [6.07, 6.45) is -5.29. The van der Waals surface area contributed by atoms with Crippen molar-refractivity contribution in [1.29, 1.82) is 0 Å². The van der Waals surface area contributed by atoms with Gasteiger partial charge in [-0.25, -0.2) is 13.6 Å². The van der Waals surface area contributed by atoms with E-state index in [-0.39, 0.29) is 24.2 Å². The zero-order chi connectivity index (χ0) is 26.3. The fraction of sp³-hybridized carbons (Fsp3) is 0.333. The molecular weight excluding hydrogens is 516 g/mol. The first kappa shape index (κ1) is 26.9. The van der Waals surface area contributed by atoms with Gasteiger partial charge < -0.3 is 9.64 Å². The molecule has 3 rings (SSSR count). The Morgan fingerprint density at radius 1 is 1.00 bits per heavy atom. The van der Waals surface area contributed by atoms with Crippen molar-refractivity contribution in [3.63, 3.8) is 0 Å². The van der Waals surface area contributed by atoms with E-state index in [1.807, 2.05) is 0 Å². The summed E-state index contributed by atoms with van der Waals surface area (Å²) < 4.78 is 74.9. The van der Waals surface area contributed by atoms with Crippen molar-refractivity contribution in [3.05, 3.63) is 75.0 Å². The molecule has 0 radical (unpaired) electrons. The highest BCUT2D eigenvalue weighted by atomic mass is 35.5. The summed E-state index contributed by atoms with van der Waals surface area (Å²) in [5, 5.41) is -1.26. The Hall–Kier alpha value is -2.65. The van der Waals surface area contributed by atoms with Crippen LogP contribution in [0.1, 0.15) is 42.3 Å². The van der Waals surface area contributed by atoms with Crippen LogP contribution in [0.3, 0.4) is 0 Å². The minimum Gasteiger partial charge on any atom is -0.444 e. The summed E-state index contributed by atoms with van der Waals surface area (Å²) in [7, 11) is 0. The predicted octanol–water partition coefficient (Wildman–Crippen LogP) is 7.38. The van der Waals surface area contributed by atoms with Gasteiger partial charge in [-0.05, 0) is 50.1 Å². The number of ketones is 1. The minimum atomic E-state index is -4.97. The first-order valence-corrected chi connectivity index (χ1v) is 11.0. The number of rotatable bonds is 4. The van der Waals surface area contributed by atoms with Crippen LogP contribution in [-0.4, -0.2) is 41.6 Å². The molecule has 0 aromatic heterocycles. The van der Waals surface area contributed by atoms with E-state index in [1.54, 1.807) is 20.8 Å². The minimum absolute atomic E-state index is 0.137. The van der Waals surface area contributed by atoms with Crippen LogP contribution in [-0.2, 0) is 10.4 Å². The topological polar surface area (TPSA) is 46.6 Å². The molecule has 35 heavy (non-hydrogen) atoms. The zero-order valence-electron chi connectivity index (χ0n) is 18.8. The maximum atomic E-state index is 15.2. The van der Waals surface area contributed by atoms with Crippen molar-refractivity contribution in [1.82, 2.24) is 4.90 Å². The standard InChI is InChI=1S/C24H20Cl2F5NO3/c1-22(2,3)35-21(34)32-11-23(28,12-32)15-6-4-13(5-7-15)19(33)10-16(24(29,30)31)14-8-17(25)20(27)18(26)9-14/h4-10H,11-12H2,1-3H3/b16-10+. The highest BCUT2D eigenvalue weighted by Crippen LogP contribution is 2.39. The number of carbonyl (C=O) groups excluding carboxylic acids is 2. The SMILES string of the molecule is CC(C)(C)OC(=O)N1CC(F)(c2ccc(C(=O)/C=C(\c3cc(Cl)c(F)c(Cl)c3)C(F)(F)F)cc2)C1. The van der Waals surface area contributed by atoms with E-state index >= 15 is 4.39 Å². The molecule has 0 N–H and O–H groups in total. The third kappa shape index (κ3) is 6.13. The number of carbonyl (C=O) groups is 2. The lowest BCUT2D eigenvalue weighted by Crippen LogP contribution is -2.59. The van der Waals surface area contributed by atoms with Gasteiger partial charge in [-0.3, -0.25) is 4.79 Å². The second-order valence-corrected chi connectivity index (χ2v) is 9.87. The molecule has 1 amide bonds. The molecule has 4 nitrogen and oxygen atoms in total. The maximum absolute atomic E-state index is 15.2. The molecule has 0 unspecified atom stereocenters. The van der Waals surface area contributed by atoms with Crippen LogP contribution < -0.4 is 0 Å². The number of ether oxygens (including phenoxy) is 1. The average molecular weight is 536 g/mol. The van der Waals surface area contributed by atoms with Crippen molar-refractivity contribution in [2.45, 2.75) is 38.2 Å². The van der Waals surface area contributed by atoms with Gasteiger partial charge in [0, 0.05) is 5.56 Å². The molecule has 2 aromatic carbocycles. The lowest BCUT2D eigenvalue weighted by molar-refractivity contribution is -0.0690. The lowest BCUT2D eigenvalue weighted by Gasteiger charge is -2.44. The molecule has 188 valence electrons. The number of halogens is 7. The summed E-state index contributed by atoms with van der Waals surface area (Å²) in [5.41, 5.74) is -4.55. The van der Waals surface area contributed by atoms with Crippen molar-refractivity contribution in [2.24, 2.45) is 0 Å². The highest BCUT2D eigenvalue weighted by Gasteiger charge is 2.48. The van der Waals surface area contributed by atoms with Crippen molar-refractivity contribution in [3.8, 4) is 0 Å². The van der Waals surface area contributed by atoms with E-state index in [0.29, 0.717) is 6.08 Å². The molecule has 11 heteroatoms. The highest BCUT2D eigenvalue weighted by molar-refractivity contribution is 6.35. The maximum Gasteiger partial charge on any atom is 0.417 e. The molecule has 0 aliphatic carbocycles. The van der Waals surface area contributed by atoms with Crippen LogP contribution in [0.5, 0.6) is 0 Å². The number of alkyl halides is 4. The average Bonchev–Trinajstić information content (AvgIpc) is 2.71. The number of amides is 1. The van der Waals surface area contributed by atoms with Gasteiger partial charge >= 0.3 is 12.3 Å². The number of allylic oxidation sites excluding steroid dienone is 2. The van der Waals surface area contributed by atoms with E-state index in [0.717, 1.165) is 12.1 Å². The van der Waals surface area contributed by atoms with Crippen LogP contribution in [0, 0.1) is 5.82 Å². The van der Waals surface area contributed by atoms with E-state index in [4.69, 9.17) is 27.9 Å². The largest absolute Gasteiger partial charge is 0.444 e. The van der Waals surface area contributed by atoms with Gasteiger partial charge in [0.1, 0.15) is 5.60 Å². The molecule has 0 atom stereocenters. The van der Waals surface area contributed by atoms with Crippen LogP contribution in [0.4, 0.5) is 26.7 Å². The molecule has 1 saturated heterocycles. The second-order valence-electron chi connectivity index (χ2n) is 9.05. The molecule has 0 bridgehead atoms. The number of benzene rings is 2. The Labute approximate surface area is 208 Å². The third-order valence-corrected chi connectivity index (χ3v) is 5.65. The number of nitrogens with zero attached hydrogens (tertiary/aromatic N) is 1. The van der Waals surface area contributed by atoms with Gasteiger partial charge in [0.25, 0.3) is 0 Å². The fourth-order valence-corrected chi connectivity index (χ4v) is 3.87. The summed E-state index contributed by atoms with van der Waals surface area (Å²) in [6.45, 7) is 4.52. The van der Waals surface area contributed by atoms with Gasteiger partial charge in [-0.1, -0.05) is 47.5 Å². The summed E-state index contributed by atoms with van der Waals surface area (Å²) in [4.78, 5) is 25.8. The predicted molar refractivity (Wildman–Crippen MR) is 122 cm³/mol. The van der Waals surface area contributed by atoms with Gasteiger partial charge in [-0.2, -0.15) is 13.2 Å². The van der Waals surface area contributed by atoms with E-state index < -0.39 is 56.3 Å². The van der Waals surface area contributed by atoms with Crippen molar-refractivity contribution < 1.29 is 36.3 Å². The molecule has 1 aliphatic rings. The van der Waals surface area contributed by atoms with Gasteiger partial charge in [0.15, 0.2) is 17.3 Å². The second kappa shape index (κ2) is 9.43. The van der Waals surface area contributed by atoms with Crippen molar-refractivity contribution >= 4 is 40.7 Å². The number of hydrogen-bond acceptors (Lipinski definition) is 3. The normalized spacial score (nSPS) is 16.1. The van der Waals surface area contributed by atoms with E-state index in [9.17, 15) is 27.2 Å². The van der Waals surface area contributed by atoms with Crippen LogP contribution in [0.25, 0.3) is 5.57 Å². The van der Waals surface area contributed by atoms with E-state index in [2.05, 4.69) is 0 Å². The summed E-state index contributed by atoms with van der Waals surface area (Å²) in [5.74, 6) is -2.10. The first-order valence-electron chi connectivity index (χ1n) is 10.3. The Bertz CT molecular complexity index is 1160. The molecule has 1 aliphatic heterocycles. The van der Waals surface area contributed by atoms with Gasteiger partial charge in [-0.15, -0.1) is 0 Å². The Morgan fingerprint density at radius 3 is 1.97 bits per heavy atom. The first-order chi connectivity index (χ1) is 16.0. The Kier molecular flexibility index (Phi) is 7.26. The molecule has 0 spiro atoms. The van der Waals surface area contributed by atoms with Crippen LogP contribution in [0.15, 0.2) is 42.5 Å². The van der Waals surface area contributed by atoms with Gasteiger partial charge in [0.05, 0.1) is 28.7 Å². The fourth-order valence-electron chi connectivity index (χ4n) is 3.38. The smallest absolute Gasteiger partial charge is 0.417 e. The molecule has 1 fully saturated rings. The molecule has 0 saturated carbocycles. The Balaban J connectivity index is 1.80. The molecular formula is C24H20Cl2F5NO3. The monoisotopic (exact) mass is 535 g/mol.